The molecule has 1 fully saturated rings. The minimum Gasteiger partial charge on any atom is -0.367 e. The molecule has 0 aliphatic carbocycles. The molecular weight excluding hydrogens is 192 g/mol. The Labute approximate surface area is 71.3 Å². The van der Waals surface area contributed by atoms with Gasteiger partial charge in [-0.2, -0.15) is 0 Å². The topological polar surface area (TPSA) is 12.5 Å². The fraction of sp³-hybridized carbons (Fsp3) is 1.00. The van der Waals surface area contributed by atoms with Gasteiger partial charge in [0.1, 0.15) is 0 Å². The molecule has 1 aliphatic heterocycles. The lowest BCUT2D eigenvalue weighted by molar-refractivity contribution is 0.319. The highest BCUT2D eigenvalue weighted by molar-refractivity contribution is 9.09. The van der Waals surface area contributed by atoms with Crippen molar-refractivity contribution in [3.8, 4) is 0 Å². The van der Waals surface area contributed by atoms with E-state index in [0.29, 0.717) is 10.9 Å². The van der Waals surface area contributed by atoms with Crippen molar-refractivity contribution in [2.75, 3.05) is 0 Å². The van der Waals surface area contributed by atoms with Crippen LogP contribution in [-0.2, 0) is 4.74 Å². The van der Waals surface area contributed by atoms with E-state index in [4.69, 9.17) is 4.74 Å². The van der Waals surface area contributed by atoms with Gasteiger partial charge in [-0.3, -0.25) is 0 Å². The lowest BCUT2D eigenvalue weighted by Crippen LogP contribution is -2.04. The Morgan fingerprint density at radius 1 is 1.60 bits per heavy atom. The van der Waals surface area contributed by atoms with Crippen LogP contribution >= 0.6 is 15.9 Å². The van der Waals surface area contributed by atoms with Crippen molar-refractivity contribution in [1.82, 2.24) is 0 Å². The predicted molar refractivity (Wildman–Crippen MR) is 46.6 cm³/mol. The fourth-order valence-corrected chi connectivity index (χ4v) is 1.38. The molecule has 0 bridgehead atoms. The minimum absolute atomic E-state index is 0.182. The van der Waals surface area contributed by atoms with Gasteiger partial charge in [0, 0.05) is 4.83 Å². The maximum Gasteiger partial charge on any atom is 0.0892 e. The zero-order valence-electron chi connectivity index (χ0n) is 6.86. The standard InChI is InChI=1S/C8H15BrO/c1-6(9)4-5-7-8(2,3)10-7/h6-7H,4-5H2,1-3H3/t6-,7?/m0/s1. The highest BCUT2D eigenvalue weighted by Crippen LogP contribution is 2.38. The largest absolute Gasteiger partial charge is 0.367 e. The van der Waals surface area contributed by atoms with Crippen molar-refractivity contribution in [2.45, 2.75) is 50.1 Å². The summed E-state index contributed by atoms with van der Waals surface area (Å²) in [5.41, 5.74) is 0.182. The van der Waals surface area contributed by atoms with Gasteiger partial charge in [0.05, 0.1) is 11.7 Å². The SMILES string of the molecule is C[C@H](Br)CCC1OC1(C)C. The van der Waals surface area contributed by atoms with Crippen LogP contribution in [0.2, 0.25) is 0 Å². The molecule has 1 rings (SSSR count). The van der Waals surface area contributed by atoms with Gasteiger partial charge in [0.2, 0.25) is 0 Å². The molecule has 2 heteroatoms. The fourth-order valence-electron chi connectivity index (χ4n) is 1.12. The predicted octanol–water partition coefficient (Wildman–Crippen LogP) is 2.73. The number of hydrogen-bond acceptors (Lipinski definition) is 1. The summed E-state index contributed by atoms with van der Waals surface area (Å²) in [6.45, 7) is 6.47. The van der Waals surface area contributed by atoms with Crippen LogP contribution in [0.25, 0.3) is 0 Å². The van der Waals surface area contributed by atoms with Crippen LogP contribution in [-0.4, -0.2) is 16.5 Å². The summed E-state index contributed by atoms with van der Waals surface area (Å²) < 4.78 is 5.43. The number of alkyl halides is 1. The molecule has 0 aromatic heterocycles. The van der Waals surface area contributed by atoms with E-state index < -0.39 is 0 Å². The van der Waals surface area contributed by atoms with Gasteiger partial charge in [0.15, 0.2) is 0 Å². The molecule has 1 saturated heterocycles. The molecular formula is C8H15BrO. The minimum atomic E-state index is 0.182. The zero-order chi connectivity index (χ0) is 7.78. The lowest BCUT2D eigenvalue weighted by atomic mass is 10.1. The van der Waals surface area contributed by atoms with Crippen LogP contribution in [0.3, 0.4) is 0 Å². The summed E-state index contributed by atoms with van der Waals surface area (Å²) in [4.78, 5) is 0.632. The number of epoxide rings is 1. The van der Waals surface area contributed by atoms with Crippen molar-refractivity contribution >= 4 is 15.9 Å². The van der Waals surface area contributed by atoms with E-state index in [-0.39, 0.29) is 5.60 Å². The van der Waals surface area contributed by atoms with Crippen LogP contribution in [0.5, 0.6) is 0 Å². The molecule has 0 amide bonds. The van der Waals surface area contributed by atoms with Gasteiger partial charge in [-0.15, -0.1) is 0 Å². The second-order valence-electron chi connectivity index (χ2n) is 3.57. The van der Waals surface area contributed by atoms with Gasteiger partial charge in [-0.05, 0) is 26.7 Å². The Kier molecular flexibility index (Phi) is 2.41. The third kappa shape index (κ3) is 2.24. The highest BCUT2D eigenvalue weighted by atomic mass is 79.9. The van der Waals surface area contributed by atoms with Crippen LogP contribution in [0.1, 0.15) is 33.6 Å². The number of rotatable bonds is 3. The molecule has 10 heavy (non-hydrogen) atoms. The first kappa shape index (κ1) is 8.54. The number of hydrogen-bond donors (Lipinski definition) is 0. The molecule has 1 nitrogen and oxygen atoms in total. The number of halogens is 1. The van der Waals surface area contributed by atoms with E-state index in [2.05, 4.69) is 36.7 Å². The first-order valence-electron chi connectivity index (χ1n) is 3.84. The van der Waals surface area contributed by atoms with E-state index in [1.165, 1.54) is 12.8 Å². The molecule has 0 spiro atoms. The third-order valence-electron chi connectivity index (χ3n) is 1.99. The molecule has 2 atom stereocenters. The van der Waals surface area contributed by atoms with E-state index >= 15 is 0 Å². The molecule has 1 unspecified atom stereocenters. The Bertz CT molecular complexity index is 120. The lowest BCUT2D eigenvalue weighted by Gasteiger charge is -1.99. The molecule has 1 aliphatic rings. The van der Waals surface area contributed by atoms with Gasteiger partial charge >= 0.3 is 0 Å². The van der Waals surface area contributed by atoms with Crippen LogP contribution in [0.15, 0.2) is 0 Å². The molecule has 0 saturated carbocycles. The highest BCUT2D eigenvalue weighted by Gasteiger charge is 2.46. The Morgan fingerprint density at radius 3 is 2.40 bits per heavy atom. The maximum absolute atomic E-state index is 5.43. The van der Waals surface area contributed by atoms with Crippen LogP contribution in [0, 0.1) is 0 Å². The second-order valence-corrected chi connectivity index (χ2v) is 5.13. The van der Waals surface area contributed by atoms with E-state index in [1.54, 1.807) is 0 Å². The van der Waals surface area contributed by atoms with Gasteiger partial charge in [-0.1, -0.05) is 22.9 Å². The Morgan fingerprint density at radius 2 is 2.10 bits per heavy atom. The zero-order valence-corrected chi connectivity index (χ0v) is 8.44. The number of ether oxygens (including phenoxy) is 1. The van der Waals surface area contributed by atoms with Gasteiger partial charge in [0.25, 0.3) is 0 Å². The normalized spacial score (nSPS) is 31.8. The molecule has 1 heterocycles. The molecule has 0 aromatic rings. The summed E-state index contributed by atoms with van der Waals surface area (Å²) >= 11 is 3.51. The van der Waals surface area contributed by atoms with Crippen molar-refractivity contribution in [2.24, 2.45) is 0 Å². The maximum atomic E-state index is 5.43. The van der Waals surface area contributed by atoms with Crippen molar-refractivity contribution < 1.29 is 4.74 Å². The van der Waals surface area contributed by atoms with Gasteiger partial charge < -0.3 is 4.74 Å². The Hall–Kier alpha value is 0.440. The van der Waals surface area contributed by atoms with Crippen molar-refractivity contribution in [3.05, 3.63) is 0 Å². The quantitative estimate of drug-likeness (QED) is 0.512. The summed E-state index contributed by atoms with van der Waals surface area (Å²) in [5.74, 6) is 0. The molecule has 60 valence electrons. The summed E-state index contributed by atoms with van der Waals surface area (Å²) in [7, 11) is 0. The second kappa shape index (κ2) is 2.82. The summed E-state index contributed by atoms with van der Waals surface area (Å²) in [5, 5.41) is 0. The van der Waals surface area contributed by atoms with E-state index in [9.17, 15) is 0 Å². The van der Waals surface area contributed by atoms with Crippen LogP contribution < -0.4 is 0 Å². The molecule has 0 aromatic carbocycles. The molecule has 0 N–H and O–H groups in total. The Balaban J connectivity index is 2.07. The van der Waals surface area contributed by atoms with Crippen molar-refractivity contribution in [1.29, 1.82) is 0 Å². The summed E-state index contributed by atoms with van der Waals surface area (Å²) in [6, 6.07) is 0. The first-order valence-corrected chi connectivity index (χ1v) is 4.76. The first-order chi connectivity index (χ1) is 4.52. The van der Waals surface area contributed by atoms with Gasteiger partial charge in [-0.25, -0.2) is 0 Å². The third-order valence-corrected chi connectivity index (χ3v) is 2.45. The van der Waals surface area contributed by atoms with E-state index in [0.717, 1.165) is 0 Å². The average Bonchev–Trinajstić information content (AvgIpc) is 2.35. The van der Waals surface area contributed by atoms with Crippen molar-refractivity contribution in [3.63, 3.8) is 0 Å². The monoisotopic (exact) mass is 206 g/mol. The van der Waals surface area contributed by atoms with Crippen LogP contribution in [0.4, 0.5) is 0 Å². The van der Waals surface area contributed by atoms with E-state index in [1.807, 2.05) is 0 Å². The summed E-state index contributed by atoms with van der Waals surface area (Å²) in [6.07, 6.45) is 2.93. The average molecular weight is 207 g/mol. The molecule has 0 radical (unpaired) electrons. The smallest absolute Gasteiger partial charge is 0.0892 e.